The minimum Gasteiger partial charge on any atom is -0.464 e. The van der Waals surface area contributed by atoms with Crippen molar-refractivity contribution in [1.29, 1.82) is 0 Å². The molecule has 2 fully saturated rings. The molecule has 108 valence electrons. The molecule has 2 aromatic heterocycles. The molecule has 0 amide bonds. The SMILES string of the molecule is O[C@@]1(c2ccco2)CSC(=Nc2cccnc2)N1C1CC1. The van der Waals surface area contributed by atoms with Gasteiger partial charge in [0.25, 0.3) is 0 Å². The third kappa shape index (κ3) is 2.24. The van der Waals surface area contributed by atoms with Gasteiger partial charge in [0.05, 0.1) is 23.9 Å². The van der Waals surface area contributed by atoms with E-state index in [1.54, 1.807) is 36.5 Å². The molecule has 4 rings (SSSR count). The van der Waals surface area contributed by atoms with E-state index in [0.717, 1.165) is 23.7 Å². The monoisotopic (exact) mass is 301 g/mol. The normalized spacial score (nSPS) is 27.5. The van der Waals surface area contributed by atoms with E-state index in [1.165, 1.54) is 0 Å². The van der Waals surface area contributed by atoms with Gasteiger partial charge in [-0.3, -0.25) is 4.98 Å². The summed E-state index contributed by atoms with van der Waals surface area (Å²) in [5, 5.41) is 11.9. The molecule has 1 saturated carbocycles. The van der Waals surface area contributed by atoms with Crippen molar-refractivity contribution in [1.82, 2.24) is 9.88 Å². The molecule has 1 atom stereocenters. The number of furan rings is 1. The Morgan fingerprint density at radius 3 is 2.95 bits per heavy atom. The fraction of sp³-hybridized carbons (Fsp3) is 0.333. The summed E-state index contributed by atoms with van der Waals surface area (Å²) in [5.74, 6) is 1.11. The van der Waals surface area contributed by atoms with E-state index in [4.69, 9.17) is 4.42 Å². The minimum atomic E-state index is -1.10. The molecule has 0 radical (unpaired) electrons. The number of hydrogen-bond acceptors (Lipinski definition) is 5. The van der Waals surface area contributed by atoms with E-state index in [-0.39, 0.29) is 0 Å². The van der Waals surface area contributed by atoms with Crippen LogP contribution in [0.2, 0.25) is 0 Å². The second-order valence-corrected chi connectivity index (χ2v) is 6.23. The summed E-state index contributed by atoms with van der Waals surface area (Å²) >= 11 is 1.56. The smallest absolute Gasteiger partial charge is 0.209 e. The second-order valence-electron chi connectivity index (χ2n) is 5.29. The van der Waals surface area contributed by atoms with Gasteiger partial charge in [-0.25, -0.2) is 4.99 Å². The third-order valence-corrected chi connectivity index (χ3v) is 4.80. The fourth-order valence-corrected chi connectivity index (χ4v) is 3.79. The fourth-order valence-electron chi connectivity index (χ4n) is 2.57. The molecule has 2 aliphatic rings. The van der Waals surface area contributed by atoms with Crippen molar-refractivity contribution >= 4 is 22.6 Å². The molecule has 1 saturated heterocycles. The zero-order valence-corrected chi connectivity index (χ0v) is 12.2. The highest BCUT2D eigenvalue weighted by molar-refractivity contribution is 8.14. The summed E-state index contributed by atoms with van der Waals surface area (Å²) in [6.07, 6.45) is 7.21. The molecule has 0 bridgehead atoms. The van der Waals surface area contributed by atoms with Gasteiger partial charge in [0, 0.05) is 12.2 Å². The Kier molecular flexibility index (Phi) is 3.01. The molecule has 21 heavy (non-hydrogen) atoms. The van der Waals surface area contributed by atoms with E-state index in [1.807, 2.05) is 23.1 Å². The van der Waals surface area contributed by atoms with Gasteiger partial charge >= 0.3 is 0 Å². The number of nitrogens with zero attached hydrogens (tertiary/aromatic N) is 3. The highest BCUT2D eigenvalue weighted by Crippen LogP contribution is 2.46. The van der Waals surface area contributed by atoms with Crippen molar-refractivity contribution in [2.45, 2.75) is 24.6 Å². The Morgan fingerprint density at radius 1 is 1.38 bits per heavy atom. The van der Waals surface area contributed by atoms with Crippen LogP contribution in [0.3, 0.4) is 0 Å². The summed E-state index contributed by atoms with van der Waals surface area (Å²) in [6, 6.07) is 7.74. The van der Waals surface area contributed by atoms with Crippen LogP contribution in [0.15, 0.2) is 52.3 Å². The molecule has 5 nitrogen and oxygen atoms in total. The van der Waals surface area contributed by atoms with E-state index in [9.17, 15) is 5.11 Å². The maximum Gasteiger partial charge on any atom is 0.209 e. The van der Waals surface area contributed by atoms with Gasteiger partial charge < -0.3 is 14.4 Å². The van der Waals surface area contributed by atoms with Crippen LogP contribution < -0.4 is 0 Å². The van der Waals surface area contributed by atoms with Gasteiger partial charge in [0.2, 0.25) is 5.72 Å². The Hall–Kier alpha value is -1.79. The Labute approximate surface area is 126 Å². The number of thioether (sulfide) groups is 1. The number of aliphatic imine (C=N–C) groups is 1. The van der Waals surface area contributed by atoms with Crippen molar-refractivity contribution in [3.63, 3.8) is 0 Å². The number of pyridine rings is 1. The molecule has 0 spiro atoms. The van der Waals surface area contributed by atoms with E-state index >= 15 is 0 Å². The van der Waals surface area contributed by atoms with Gasteiger partial charge in [-0.2, -0.15) is 0 Å². The van der Waals surface area contributed by atoms with Crippen LogP contribution >= 0.6 is 11.8 Å². The third-order valence-electron chi connectivity index (χ3n) is 3.71. The van der Waals surface area contributed by atoms with Crippen LogP contribution in [0.25, 0.3) is 0 Å². The van der Waals surface area contributed by atoms with Gasteiger partial charge in [-0.05, 0) is 37.1 Å². The molecule has 3 heterocycles. The van der Waals surface area contributed by atoms with Gasteiger partial charge in [-0.1, -0.05) is 11.8 Å². The molecule has 0 aromatic carbocycles. The number of hydrogen-bond donors (Lipinski definition) is 1. The van der Waals surface area contributed by atoms with Crippen molar-refractivity contribution in [3.8, 4) is 0 Å². The van der Waals surface area contributed by atoms with Crippen LogP contribution in [0, 0.1) is 0 Å². The summed E-state index contributed by atoms with van der Waals surface area (Å²) < 4.78 is 5.45. The summed E-state index contributed by atoms with van der Waals surface area (Å²) in [5.41, 5.74) is -0.300. The van der Waals surface area contributed by atoms with Crippen LogP contribution in [0.5, 0.6) is 0 Å². The largest absolute Gasteiger partial charge is 0.464 e. The highest BCUT2D eigenvalue weighted by atomic mass is 32.2. The van der Waals surface area contributed by atoms with Crippen molar-refractivity contribution in [2.75, 3.05) is 5.75 Å². The van der Waals surface area contributed by atoms with E-state index in [0.29, 0.717) is 17.6 Å². The summed E-state index contributed by atoms with van der Waals surface area (Å²) in [7, 11) is 0. The van der Waals surface area contributed by atoms with Crippen LogP contribution in [-0.4, -0.2) is 32.0 Å². The zero-order valence-electron chi connectivity index (χ0n) is 11.3. The first-order valence-electron chi connectivity index (χ1n) is 6.94. The molecular formula is C15H15N3O2S. The summed E-state index contributed by atoms with van der Waals surface area (Å²) in [6.45, 7) is 0. The maximum absolute atomic E-state index is 11.1. The lowest BCUT2D eigenvalue weighted by Gasteiger charge is -2.32. The number of amidine groups is 1. The molecule has 1 N–H and O–H groups in total. The maximum atomic E-state index is 11.1. The van der Waals surface area contributed by atoms with Gasteiger partial charge in [-0.15, -0.1) is 0 Å². The number of aromatic nitrogens is 1. The van der Waals surface area contributed by atoms with Crippen molar-refractivity contribution in [2.24, 2.45) is 4.99 Å². The Bertz CT molecular complexity index is 655. The Morgan fingerprint density at radius 2 is 2.29 bits per heavy atom. The molecule has 1 aliphatic carbocycles. The van der Waals surface area contributed by atoms with Crippen LogP contribution in [0.1, 0.15) is 18.6 Å². The van der Waals surface area contributed by atoms with Gasteiger partial charge in [0.15, 0.2) is 10.9 Å². The predicted octanol–water partition coefficient (Wildman–Crippen LogP) is 2.72. The second kappa shape index (κ2) is 4.89. The van der Waals surface area contributed by atoms with Crippen molar-refractivity contribution in [3.05, 3.63) is 48.7 Å². The lowest BCUT2D eigenvalue weighted by atomic mass is 10.1. The predicted molar refractivity (Wildman–Crippen MR) is 81.3 cm³/mol. The average Bonchev–Trinajstić information content (AvgIpc) is 3.05. The molecule has 2 aromatic rings. The first kappa shape index (κ1) is 12.9. The first-order valence-corrected chi connectivity index (χ1v) is 7.93. The lowest BCUT2D eigenvalue weighted by Crippen LogP contribution is -2.46. The van der Waals surface area contributed by atoms with Gasteiger partial charge in [0.1, 0.15) is 0 Å². The number of aliphatic hydroxyl groups is 1. The topological polar surface area (TPSA) is 61.9 Å². The zero-order chi connectivity index (χ0) is 14.3. The molecule has 0 unspecified atom stereocenters. The van der Waals surface area contributed by atoms with Crippen LogP contribution in [-0.2, 0) is 5.72 Å². The number of rotatable bonds is 3. The molecule has 6 heteroatoms. The molecule has 1 aliphatic heterocycles. The lowest BCUT2D eigenvalue weighted by molar-refractivity contribution is -0.0688. The Balaban J connectivity index is 1.72. The van der Waals surface area contributed by atoms with Crippen LogP contribution in [0.4, 0.5) is 5.69 Å². The van der Waals surface area contributed by atoms with E-state index < -0.39 is 5.72 Å². The average molecular weight is 301 g/mol. The molecular weight excluding hydrogens is 286 g/mol. The first-order chi connectivity index (χ1) is 10.3. The van der Waals surface area contributed by atoms with E-state index in [2.05, 4.69) is 9.98 Å². The van der Waals surface area contributed by atoms with Crippen molar-refractivity contribution < 1.29 is 9.52 Å². The minimum absolute atomic E-state index is 0.338. The quantitative estimate of drug-likeness (QED) is 0.944. The summed E-state index contributed by atoms with van der Waals surface area (Å²) in [4.78, 5) is 10.7. The standard InChI is InChI=1S/C15H15N3O2S/c19-15(13-4-2-8-20-13)10-21-14(18(15)12-5-6-12)17-11-3-1-7-16-9-11/h1-4,7-9,12,19H,5-6,10H2/t15-/m1/s1. The highest BCUT2D eigenvalue weighted by Gasteiger charge is 2.52.